The third kappa shape index (κ3) is 1.91. The molecule has 3 nitrogen and oxygen atoms in total. The van der Waals surface area contributed by atoms with Crippen LogP contribution in [-0.4, -0.2) is 4.99 Å². The Morgan fingerprint density at radius 1 is 1.11 bits per heavy atom. The van der Waals surface area contributed by atoms with Gasteiger partial charge >= 0.3 is 0 Å². The minimum Gasteiger partial charge on any atom is -0.464 e. The fourth-order valence-corrected chi connectivity index (χ4v) is 2.10. The standard InChI is InChI=1S/C14H12N2OS/c15-13(18)9-5-7-10(8-6-9)14-16-11-3-1-2-4-12(11)17-14/h1-8,14,16H,(H2,15,18)/t14-/m1/s1. The smallest absolute Gasteiger partial charge is 0.196 e. The lowest BCUT2D eigenvalue weighted by atomic mass is 10.1. The molecule has 2 aromatic rings. The first kappa shape index (κ1) is 11.0. The van der Waals surface area contributed by atoms with Gasteiger partial charge in [-0.15, -0.1) is 0 Å². The highest BCUT2D eigenvalue weighted by atomic mass is 32.1. The van der Waals surface area contributed by atoms with Crippen molar-refractivity contribution in [3.63, 3.8) is 0 Å². The number of nitrogens with two attached hydrogens (primary N) is 1. The van der Waals surface area contributed by atoms with Crippen LogP contribution >= 0.6 is 12.2 Å². The van der Waals surface area contributed by atoms with Gasteiger partial charge in [0, 0.05) is 11.1 Å². The molecule has 0 saturated carbocycles. The Hall–Kier alpha value is -2.07. The van der Waals surface area contributed by atoms with E-state index in [0.717, 1.165) is 22.6 Å². The number of hydrogen-bond donors (Lipinski definition) is 2. The Balaban J connectivity index is 1.84. The maximum absolute atomic E-state index is 5.82. The number of ether oxygens (including phenoxy) is 1. The summed E-state index contributed by atoms with van der Waals surface area (Å²) in [6, 6.07) is 15.6. The zero-order chi connectivity index (χ0) is 12.5. The molecule has 0 spiro atoms. The Morgan fingerprint density at radius 3 is 2.50 bits per heavy atom. The number of fused-ring (bicyclic) bond motifs is 1. The molecule has 0 aliphatic carbocycles. The van der Waals surface area contributed by atoms with Gasteiger partial charge in [-0.25, -0.2) is 0 Å². The highest BCUT2D eigenvalue weighted by molar-refractivity contribution is 7.80. The van der Waals surface area contributed by atoms with Crippen LogP contribution in [0.3, 0.4) is 0 Å². The van der Waals surface area contributed by atoms with Crippen LogP contribution in [-0.2, 0) is 0 Å². The van der Waals surface area contributed by atoms with E-state index < -0.39 is 0 Å². The quantitative estimate of drug-likeness (QED) is 0.811. The summed E-state index contributed by atoms with van der Waals surface area (Å²) in [5.41, 5.74) is 8.50. The molecule has 1 heterocycles. The second-order valence-corrected chi connectivity index (χ2v) is 4.56. The second kappa shape index (κ2) is 4.31. The number of rotatable bonds is 2. The minimum atomic E-state index is -0.150. The molecule has 0 saturated heterocycles. The predicted octanol–water partition coefficient (Wildman–Crippen LogP) is 2.82. The Bertz CT molecular complexity index is 570. The van der Waals surface area contributed by atoms with Crippen LogP contribution in [0, 0.1) is 0 Å². The van der Waals surface area contributed by atoms with Gasteiger partial charge in [0.1, 0.15) is 10.7 Å². The molecule has 1 aliphatic heterocycles. The van der Waals surface area contributed by atoms with Crippen molar-refractivity contribution < 1.29 is 4.74 Å². The fourth-order valence-electron chi connectivity index (χ4n) is 1.96. The van der Waals surface area contributed by atoms with Crippen molar-refractivity contribution in [3.05, 3.63) is 59.7 Å². The van der Waals surface area contributed by atoms with E-state index in [-0.39, 0.29) is 6.23 Å². The fraction of sp³-hybridized carbons (Fsp3) is 0.0714. The summed E-state index contributed by atoms with van der Waals surface area (Å²) in [5, 5.41) is 3.31. The van der Waals surface area contributed by atoms with Crippen LogP contribution in [0.4, 0.5) is 5.69 Å². The molecule has 18 heavy (non-hydrogen) atoms. The van der Waals surface area contributed by atoms with Crippen LogP contribution < -0.4 is 15.8 Å². The summed E-state index contributed by atoms with van der Waals surface area (Å²) in [5.74, 6) is 0.876. The molecule has 1 aliphatic rings. The van der Waals surface area contributed by atoms with Gasteiger partial charge in [0.25, 0.3) is 0 Å². The van der Waals surface area contributed by atoms with Gasteiger partial charge in [-0.3, -0.25) is 0 Å². The largest absolute Gasteiger partial charge is 0.464 e. The summed E-state index contributed by atoms with van der Waals surface area (Å²) < 4.78 is 5.82. The summed E-state index contributed by atoms with van der Waals surface area (Å²) >= 11 is 4.93. The first-order valence-corrected chi connectivity index (χ1v) is 6.07. The monoisotopic (exact) mass is 256 g/mol. The molecule has 0 aromatic heterocycles. The van der Waals surface area contributed by atoms with E-state index in [1.807, 2.05) is 48.5 Å². The van der Waals surface area contributed by atoms with Crippen molar-refractivity contribution in [3.8, 4) is 5.75 Å². The molecular weight excluding hydrogens is 244 g/mol. The van der Waals surface area contributed by atoms with Crippen molar-refractivity contribution >= 4 is 22.9 Å². The first-order chi connectivity index (χ1) is 8.74. The van der Waals surface area contributed by atoms with Gasteiger partial charge in [0.2, 0.25) is 0 Å². The molecule has 0 amide bonds. The summed E-state index contributed by atoms with van der Waals surface area (Å²) in [6.45, 7) is 0. The lowest BCUT2D eigenvalue weighted by molar-refractivity contribution is 0.260. The highest BCUT2D eigenvalue weighted by Crippen LogP contribution is 2.37. The van der Waals surface area contributed by atoms with Gasteiger partial charge in [-0.2, -0.15) is 0 Å². The maximum Gasteiger partial charge on any atom is 0.196 e. The van der Waals surface area contributed by atoms with E-state index in [1.54, 1.807) is 0 Å². The topological polar surface area (TPSA) is 47.3 Å². The number of thiocarbonyl (C=S) groups is 1. The Kier molecular flexibility index (Phi) is 2.64. The number of nitrogens with one attached hydrogen (secondary N) is 1. The zero-order valence-corrected chi connectivity index (χ0v) is 10.4. The highest BCUT2D eigenvalue weighted by Gasteiger charge is 2.22. The van der Waals surface area contributed by atoms with Crippen molar-refractivity contribution in [2.75, 3.05) is 5.32 Å². The van der Waals surface area contributed by atoms with Crippen molar-refractivity contribution in [1.82, 2.24) is 0 Å². The molecule has 3 N–H and O–H groups in total. The predicted molar refractivity (Wildman–Crippen MR) is 75.8 cm³/mol. The average Bonchev–Trinajstić information content (AvgIpc) is 2.82. The molecule has 90 valence electrons. The van der Waals surface area contributed by atoms with Gasteiger partial charge in [-0.05, 0) is 12.1 Å². The van der Waals surface area contributed by atoms with E-state index in [0.29, 0.717) is 4.99 Å². The number of benzene rings is 2. The van der Waals surface area contributed by atoms with Crippen LogP contribution in [0.5, 0.6) is 5.75 Å². The lowest BCUT2D eigenvalue weighted by Gasteiger charge is -2.12. The lowest BCUT2D eigenvalue weighted by Crippen LogP contribution is -2.12. The number of hydrogen-bond acceptors (Lipinski definition) is 3. The number of anilines is 1. The van der Waals surface area contributed by atoms with Gasteiger partial charge < -0.3 is 15.8 Å². The molecule has 3 rings (SSSR count). The zero-order valence-electron chi connectivity index (χ0n) is 9.59. The third-order valence-corrected chi connectivity index (χ3v) is 3.15. The molecule has 2 aromatic carbocycles. The van der Waals surface area contributed by atoms with Gasteiger partial charge in [0.15, 0.2) is 6.23 Å². The van der Waals surface area contributed by atoms with E-state index in [4.69, 9.17) is 22.7 Å². The average molecular weight is 256 g/mol. The molecule has 0 radical (unpaired) electrons. The van der Waals surface area contributed by atoms with Gasteiger partial charge in [-0.1, -0.05) is 48.6 Å². The molecule has 4 heteroatoms. The SMILES string of the molecule is NC(=S)c1ccc([C@@H]2Nc3ccccc3O2)cc1. The molecule has 1 atom stereocenters. The van der Waals surface area contributed by atoms with E-state index >= 15 is 0 Å². The van der Waals surface area contributed by atoms with Crippen LogP contribution in [0.25, 0.3) is 0 Å². The molecule has 0 unspecified atom stereocenters. The van der Waals surface area contributed by atoms with Crippen molar-refractivity contribution in [2.24, 2.45) is 5.73 Å². The van der Waals surface area contributed by atoms with Crippen molar-refractivity contribution in [1.29, 1.82) is 0 Å². The molecule has 0 fully saturated rings. The van der Waals surface area contributed by atoms with E-state index in [9.17, 15) is 0 Å². The van der Waals surface area contributed by atoms with E-state index in [2.05, 4.69) is 5.32 Å². The van der Waals surface area contributed by atoms with Crippen LogP contribution in [0.1, 0.15) is 17.4 Å². The minimum absolute atomic E-state index is 0.150. The second-order valence-electron chi connectivity index (χ2n) is 4.12. The summed E-state index contributed by atoms with van der Waals surface area (Å²) in [7, 11) is 0. The summed E-state index contributed by atoms with van der Waals surface area (Å²) in [6.07, 6.45) is -0.150. The molecular formula is C14H12N2OS. The first-order valence-electron chi connectivity index (χ1n) is 5.66. The van der Waals surface area contributed by atoms with Crippen molar-refractivity contribution in [2.45, 2.75) is 6.23 Å². The number of para-hydroxylation sites is 2. The maximum atomic E-state index is 5.82. The van der Waals surface area contributed by atoms with Crippen LogP contribution in [0.15, 0.2) is 48.5 Å². The summed E-state index contributed by atoms with van der Waals surface area (Å²) in [4.78, 5) is 0.408. The van der Waals surface area contributed by atoms with Crippen LogP contribution in [0.2, 0.25) is 0 Å². The van der Waals surface area contributed by atoms with E-state index in [1.165, 1.54) is 0 Å². The normalized spacial score (nSPS) is 16.6. The Morgan fingerprint density at radius 2 is 1.83 bits per heavy atom. The van der Waals surface area contributed by atoms with Gasteiger partial charge in [0.05, 0.1) is 5.69 Å². The Labute approximate surface area is 111 Å². The molecule has 0 bridgehead atoms. The third-order valence-electron chi connectivity index (χ3n) is 2.92.